The molecule has 0 saturated carbocycles. The zero-order valence-corrected chi connectivity index (χ0v) is 12.1. The molecule has 16 heavy (non-hydrogen) atoms. The Balaban J connectivity index is 1.97. The molecule has 1 saturated heterocycles. The standard InChI is InChI=1S/C12H14Br2O2/c13-6-10-5-11(14)1-2-12(10)16-8-9-3-4-15-7-9/h1-2,5,9H,3-4,6-8H2. The predicted molar refractivity (Wildman–Crippen MR) is 71.2 cm³/mol. The molecule has 2 rings (SSSR count). The van der Waals surface area contributed by atoms with Gasteiger partial charge in [-0.25, -0.2) is 0 Å². The third-order valence-corrected chi connectivity index (χ3v) is 3.76. The first-order valence-electron chi connectivity index (χ1n) is 5.34. The van der Waals surface area contributed by atoms with Gasteiger partial charge in [0.15, 0.2) is 0 Å². The average molecular weight is 350 g/mol. The lowest BCUT2D eigenvalue weighted by Crippen LogP contribution is -2.12. The zero-order chi connectivity index (χ0) is 11.4. The summed E-state index contributed by atoms with van der Waals surface area (Å²) in [5, 5.41) is 0.808. The van der Waals surface area contributed by atoms with Crippen LogP contribution in [0.1, 0.15) is 12.0 Å². The minimum Gasteiger partial charge on any atom is -0.493 e. The second-order valence-corrected chi connectivity index (χ2v) is 5.40. The van der Waals surface area contributed by atoms with E-state index >= 15 is 0 Å². The van der Waals surface area contributed by atoms with Crippen molar-refractivity contribution >= 4 is 31.9 Å². The van der Waals surface area contributed by atoms with Gasteiger partial charge in [0.2, 0.25) is 0 Å². The van der Waals surface area contributed by atoms with Crippen LogP contribution in [0.3, 0.4) is 0 Å². The molecule has 0 radical (unpaired) electrons. The van der Waals surface area contributed by atoms with E-state index in [1.54, 1.807) is 0 Å². The molecular weight excluding hydrogens is 336 g/mol. The van der Waals surface area contributed by atoms with Crippen LogP contribution in [-0.4, -0.2) is 19.8 Å². The third kappa shape index (κ3) is 3.22. The maximum absolute atomic E-state index is 5.84. The van der Waals surface area contributed by atoms with Crippen molar-refractivity contribution in [3.63, 3.8) is 0 Å². The minimum atomic E-state index is 0.548. The molecule has 1 aliphatic rings. The van der Waals surface area contributed by atoms with Crippen molar-refractivity contribution in [3.8, 4) is 5.75 Å². The largest absolute Gasteiger partial charge is 0.493 e. The Labute approximate surface area is 113 Å². The summed E-state index contributed by atoms with van der Waals surface area (Å²) in [6.07, 6.45) is 1.11. The summed E-state index contributed by atoms with van der Waals surface area (Å²) in [5.74, 6) is 1.51. The van der Waals surface area contributed by atoms with Gasteiger partial charge >= 0.3 is 0 Å². The van der Waals surface area contributed by atoms with E-state index in [9.17, 15) is 0 Å². The number of halogens is 2. The number of hydrogen-bond acceptors (Lipinski definition) is 2. The van der Waals surface area contributed by atoms with Crippen LogP contribution in [0.5, 0.6) is 5.75 Å². The molecule has 1 aromatic carbocycles. The van der Waals surface area contributed by atoms with E-state index in [0.717, 1.165) is 41.8 Å². The highest BCUT2D eigenvalue weighted by Gasteiger charge is 2.16. The van der Waals surface area contributed by atoms with E-state index < -0.39 is 0 Å². The van der Waals surface area contributed by atoms with Crippen LogP contribution in [0.2, 0.25) is 0 Å². The van der Waals surface area contributed by atoms with Crippen LogP contribution in [-0.2, 0) is 10.1 Å². The molecule has 4 heteroatoms. The highest BCUT2D eigenvalue weighted by molar-refractivity contribution is 9.10. The summed E-state index contributed by atoms with van der Waals surface area (Å²) in [6, 6.07) is 6.10. The number of benzene rings is 1. The Morgan fingerprint density at radius 1 is 1.44 bits per heavy atom. The van der Waals surface area contributed by atoms with E-state index in [4.69, 9.17) is 9.47 Å². The Morgan fingerprint density at radius 3 is 3.00 bits per heavy atom. The van der Waals surface area contributed by atoms with E-state index in [1.165, 1.54) is 5.56 Å². The number of alkyl halides is 1. The average Bonchev–Trinajstić information content (AvgIpc) is 2.80. The predicted octanol–water partition coefficient (Wildman–Crippen LogP) is 3.76. The first-order valence-corrected chi connectivity index (χ1v) is 7.26. The molecule has 1 aliphatic heterocycles. The first-order chi connectivity index (χ1) is 7.79. The van der Waals surface area contributed by atoms with Gasteiger partial charge in [0.25, 0.3) is 0 Å². The Kier molecular flexibility index (Phi) is 4.67. The first kappa shape index (κ1) is 12.4. The second-order valence-electron chi connectivity index (χ2n) is 3.93. The highest BCUT2D eigenvalue weighted by atomic mass is 79.9. The maximum Gasteiger partial charge on any atom is 0.123 e. The normalized spacial score (nSPS) is 20.0. The lowest BCUT2D eigenvalue weighted by Gasteiger charge is -2.13. The number of ether oxygens (including phenoxy) is 2. The molecule has 1 unspecified atom stereocenters. The molecule has 1 heterocycles. The fourth-order valence-electron chi connectivity index (χ4n) is 1.72. The molecule has 0 aliphatic carbocycles. The molecule has 1 atom stereocenters. The Hall–Kier alpha value is -0.0600. The minimum absolute atomic E-state index is 0.548. The lowest BCUT2D eigenvalue weighted by molar-refractivity contribution is 0.167. The molecule has 1 aromatic rings. The highest BCUT2D eigenvalue weighted by Crippen LogP contribution is 2.26. The molecule has 0 N–H and O–H groups in total. The summed E-state index contributed by atoms with van der Waals surface area (Å²) in [4.78, 5) is 0. The smallest absolute Gasteiger partial charge is 0.123 e. The lowest BCUT2D eigenvalue weighted by atomic mass is 10.1. The Morgan fingerprint density at radius 2 is 2.31 bits per heavy atom. The molecule has 2 nitrogen and oxygen atoms in total. The molecule has 88 valence electrons. The summed E-state index contributed by atoms with van der Waals surface area (Å²) >= 11 is 6.93. The van der Waals surface area contributed by atoms with Gasteiger partial charge in [-0.15, -0.1) is 0 Å². The van der Waals surface area contributed by atoms with E-state index in [2.05, 4.69) is 37.9 Å². The summed E-state index contributed by atoms with van der Waals surface area (Å²) < 4.78 is 12.2. The quantitative estimate of drug-likeness (QED) is 0.770. The SMILES string of the molecule is BrCc1cc(Br)ccc1OCC1CCOC1. The molecule has 0 bridgehead atoms. The monoisotopic (exact) mass is 348 g/mol. The van der Waals surface area contributed by atoms with Crippen molar-refractivity contribution in [1.29, 1.82) is 0 Å². The van der Waals surface area contributed by atoms with Gasteiger partial charge in [0.05, 0.1) is 13.2 Å². The maximum atomic E-state index is 5.84. The van der Waals surface area contributed by atoms with Gasteiger partial charge < -0.3 is 9.47 Å². The summed E-state index contributed by atoms with van der Waals surface area (Å²) in [5.41, 5.74) is 1.17. The van der Waals surface area contributed by atoms with E-state index in [1.807, 2.05) is 12.1 Å². The van der Waals surface area contributed by atoms with Gasteiger partial charge in [0.1, 0.15) is 5.75 Å². The molecule has 0 aromatic heterocycles. The van der Waals surface area contributed by atoms with Crippen molar-refractivity contribution in [2.75, 3.05) is 19.8 Å². The van der Waals surface area contributed by atoms with Gasteiger partial charge in [0, 0.05) is 27.9 Å². The van der Waals surface area contributed by atoms with Crippen LogP contribution in [0.25, 0.3) is 0 Å². The molecule has 0 spiro atoms. The van der Waals surface area contributed by atoms with Crippen LogP contribution in [0.4, 0.5) is 0 Å². The number of rotatable bonds is 4. The van der Waals surface area contributed by atoms with Crippen LogP contribution in [0, 0.1) is 5.92 Å². The van der Waals surface area contributed by atoms with E-state index in [-0.39, 0.29) is 0 Å². The Bertz CT molecular complexity index is 349. The van der Waals surface area contributed by atoms with Gasteiger partial charge in [-0.05, 0) is 24.6 Å². The zero-order valence-electron chi connectivity index (χ0n) is 8.92. The van der Waals surface area contributed by atoms with Crippen molar-refractivity contribution in [3.05, 3.63) is 28.2 Å². The number of hydrogen-bond donors (Lipinski definition) is 0. The third-order valence-electron chi connectivity index (χ3n) is 2.67. The van der Waals surface area contributed by atoms with Crippen molar-refractivity contribution in [1.82, 2.24) is 0 Å². The van der Waals surface area contributed by atoms with Crippen molar-refractivity contribution in [2.45, 2.75) is 11.8 Å². The fraction of sp³-hybridized carbons (Fsp3) is 0.500. The molecule has 0 amide bonds. The molecular formula is C12H14Br2O2. The van der Waals surface area contributed by atoms with Gasteiger partial charge in [-0.2, -0.15) is 0 Å². The van der Waals surface area contributed by atoms with Crippen LogP contribution in [0.15, 0.2) is 22.7 Å². The van der Waals surface area contributed by atoms with Crippen LogP contribution >= 0.6 is 31.9 Å². The van der Waals surface area contributed by atoms with Gasteiger partial charge in [-0.1, -0.05) is 31.9 Å². The van der Waals surface area contributed by atoms with Crippen molar-refractivity contribution in [2.24, 2.45) is 5.92 Å². The summed E-state index contributed by atoms with van der Waals surface area (Å²) in [6.45, 7) is 2.46. The van der Waals surface area contributed by atoms with E-state index in [0.29, 0.717) is 5.92 Å². The fourth-order valence-corrected chi connectivity index (χ4v) is 2.56. The second kappa shape index (κ2) is 6.03. The summed E-state index contributed by atoms with van der Waals surface area (Å²) in [7, 11) is 0. The van der Waals surface area contributed by atoms with Crippen LogP contribution < -0.4 is 4.74 Å². The van der Waals surface area contributed by atoms with Gasteiger partial charge in [-0.3, -0.25) is 0 Å². The van der Waals surface area contributed by atoms with Crippen molar-refractivity contribution < 1.29 is 9.47 Å². The molecule has 1 fully saturated rings. The topological polar surface area (TPSA) is 18.5 Å².